The highest BCUT2D eigenvalue weighted by Crippen LogP contribution is 2.39. The van der Waals surface area contributed by atoms with Crippen LogP contribution in [-0.4, -0.2) is 33.9 Å². The molecule has 0 radical (unpaired) electrons. The highest BCUT2D eigenvalue weighted by atomic mass is 32.2. The van der Waals surface area contributed by atoms with Crippen molar-refractivity contribution in [2.45, 2.75) is 32.7 Å². The molecular formula is C23H24N4O2S. The molecule has 1 N–H and O–H groups in total. The van der Waals surface area contributed by atoms with Crippen molar-refractivity contribution in [2.75, 3.05) is 22.5 Å². The Morgan fingerprint density at radius 1 is 1.10 bits per heavy atom. The summed E-state index contributed by atoms with van der Waals surface area (Å²) in [6.45, 7) is 7.82. The fraction of sp³-hybridized carbons (Fsp3) is 0.261. The SMILES string of the molecule is Cc1cc(C)c(NC(=O)CN2C(=O)CSc3c2c(C)nn3-c2ccccc2)c(C)c1. The molecule has 2 heterocycles. The van der Waals surface area contributed by atoms with Gasteiger partial charge >= 0.3 is 0 Å². The molecular weight excluding hydrogens is 396 g/mol. The number of carbonyl (C=O) groups excluding carboxylic acids is 2. The molecule has 0 unspecified atom stereocenters. The lowest BCUT2D eigenvalue weighted by Gasteiger charge is -2.27. The van der Waals surface area contributed by atoms with Crippen molar-refractivity contribution in [1.29, 1.82) is 0 Å². The summed E-state index contributed by atoms with van der Waals surface area (Å²) in [6.07, 6.45) is 0. The van der Waals surface area contributed by atoms with Gasteiger partial charge in [-0.3, -0.25) is 14.5 Å². The topological polar surface area (TPSA) is 67.2 Å². The van der Waals surface area contributed by atoms with Crippen LogP contribution in [0.1, 0.15) is 22.4 Å². The third-order valence-corrected chi connectivity index (χ3v) is 6.17. The Balaban J connectivity index is 1.63. The number of nitrogens with one attached hydrogen (secondary N) is 1. The first-order valence-corrected chi connectivity index (χ1v) is 10.8. The number of aryl methyl sites for hydroxylation is 4. The molecule has 0 saturated heterocycles. The maximum Gasteiger partial charge on any atom is 0.244 e. The second-order valence-corrected chi connectivity index (χ2v) is 8.54. The van der Waals surface area contributed by atoms with Gasteiger partial charge in [0.1, 0.15) is 11.6 Å². The van der Waals surface area contributed by atoms with Crippen molar-refractivity contribution in [2.24, 2.45) is 0 Å². The van der Waals surface area contributed by atoms with Crippen LogP contribution in [-0.2, 0) is 9.59 Å². The van der Waals surface area contributed by atoms with Crippen LogP contribution in [0.5, 0.6) is 0 Å². The summed E-state index contributed by atoms with van der Waals surface area (Å²) in [5.74, 6) is -0.0280. The van der Waals surface area contributed by atoms with E-state index in [0.29, 0.717) is 5.69 Å². The highest BCUT2D eigenvalue weighted by Gasteiger charge is 2.32. The number of amides is 2. The monoisotopic (exact) mass is 420 g/mol. The van der Waals surface area contributed by atoms with E-state index < -0.39 is 0 Å². The van der Waals surface area contributed by atoms with Gasteiger partial charge in [0, 0.05) is 5.69 Å². The molecule has 4 rings (SSSR count). The third-order valence-electron chi connectivity index (χ3n) is 5.13. The van der Waals surface area contributed by atoms with Crippen molar-refractivity contribution in [1.82, 2.24) is 9.78 Å². The van der Waals surface area contributed by atoms with Gasteiger partial charge in [0.2, 0.25) is 11.8 Å². The minimum Gasteiger partial charge on any atom is -0.324 e. The predicted octanol–water partition coefficient (Wildman–Crippen LogP) is 4.18. The fourth-order valence-electron chi connectivity index (χ4n) is 3.88. The summed E-state index contributed by atoms with van der Waals surface area (Å²) < 4.78 is 1.85. The molecule has 0 spiro atoms. The number of fused-ring (bicyclic) bond motifs is 1. The first-order chi connectivity index (χ1) is 14.3. The molecule has 2 amide bonds. The summed E-state index contributed by atoms with van der Waals surface area (Å²) in [4.78, 5) is 27.1. The van der Waals surface area contributed by atoms with E-state index in [2.05, 4.69) is 10.4 Å². The van der Waals surface area contributed by atoms with Crippen LogP contribution in [0.2, 0.25) is 0 Å². The van der Waals surface area contributed by atoms with Gasteiger partial charge in [-0.1, -0.05) is 47.7 Å². The fourth-order valence-corrected chi connectivity index (χ4v) is 4.96. The van der Waals surface area contributed by atoms with E-state index in [4.69, 9.17) is 0 Å². The minimum absolute atomic E-state index is 0.0412. The van der Waals surface area contributed by atoms with Crippen LogP contribution >= 0.6 is 11.8 Å². The quantitative estimate of drug-likeness (QED) is 0.687. The van der Waals surface area contributed by atoms with Gasteiger partial charge in [0.05, 0.1) is 22.8 Å². The number of rotatable bonds is 4. The van der Waals surface area contributed by atoms with E-state index in [1.807, 2.05) is 74.8 Å². The number of aromatic nitrogens is 2. The number of para-hydroxylation sites is 1. The van der Waals surface area contributed by atoms with Gasteiger partial charge < -0.3 is 5.32 Å². The standard InChI is InChI=1S/C23H24N4O2S/c1-14-10-15(2)21(16(3)11-14)24-19(28)12-26-20(29)13-30-23-22(26)17(4)25-27(23)18-8-6-5-7-9-18/h5-11H,12-13H2,1-4H3,(H,24,28). The normalized spacial score (nSPS) is 13.3. The zero-order chi connectivity index (χ0) is 21.4. The second-order valence-electron chi connectivity index (χ2n) is 7.58. The lowest BCUT2D eigenvalue weighted by Crippen LogP contribution is -2.41. The Bertz CT molecular complexity index is 1110. The molecule has 7 heteroatoms. The summed E-state index contributed by atoms with van der Waals surface area (Å²) in [6, 6.07) is 13.9. The second kappa shape index (κ2) is 7.99. The Kier molecular flexibility index (Phi) is 5.39. The summed E-state index contributed by atoms with van der Waals surface area (Å²) in [7, 11) is 0. The molecule has 0 saturated carbocycles. The first kappa shape index (κ1) is 20.2. The number of nitrogens with zero attached hydrogens (tertiary/aromatic N) is 3. The molecule has 0 atom stereocenters. The highest BCUT2D eigenvalue weighted by molar-refractivity contribution is 8.00. The molecule has 1 aliphatic heterocycles. The number of hydrogen-bond acceptors (Lipinski definition) is 4. The van der Waals surface area contributed by atoms with E-state index in [9.17, 15) is 9.59 Å². The molecule has 2 aromatic carbocycles. The Morgan fingerprint density at radius 2 is 1.77 bits per heavy atom. The Morgan fingerprint density at radius 3 is 2.43 bits per heavy atom. The van der Waals surface area contributed by atoms with Gasteiger partial charge in [0.15, 0.2) is 0 Å². The van der Waals surface area contributed by atoms with E-state index in [0.717, 1.165) is 38.8 Å². The van der Waals surface area contributed by atoms with Gasteiger partial charge in [-0.15, -0.1) is 0 Å². The number of hydrogen-bond donors (Lipinski definition) is 1. The maximum atomic E-state index is 12.9. The van der Waals surface area contributed by atoms with Gasteiger partial charge in [-0.2, -0.15) is 5.10 Å². The average molecular weight is 421 g/mol. The van der Waals surface area contributed by atoms with Crippen LogP contribution in [0.3, 0.4) is 0 Å². The maximum absolute atomic E-state index is 12.9. The summed E-state index contributed by atoms with van der Waals surface area (Å²) in [5, 5.41) is 8.53. The van der Waals surface area contributed by atoms with Crippen LogP contribution in [0.15, 0.2) is 47.5 Å². The Hall–Kier alpha value is -3.06. The lowest BCUT2D eigenvalue weighted by atomic mass is 10.1. The van der Waals surface area contributed by atoms with Gasteiger partial charge in [-0.25, -0.2) is 4.68 Å². The van der Waals surface area contributed by atoms with E-state index >= 15 is 0 Å². The molecule has 0 bridgehead atoms. The van der Waals surface area contributed by atoms with Crippen LogP contribution in [0.25, 0.3) is 5.69 Å². The number of carbonyl (C=O) groups is 2. The van der Waals surface area contributed by atoms with Crippen LogP contribution < -0.4 is 10.2 Å². The van der Waals surface area contributed by atoms with Crippen LogP contribution in [0, 0.1) is 27.7 Å². The minimum atomic E-state index is -0.219. The summed E-state index contributed by atoms with van der Waals surface area (Å²) in [5.41, 5.74) is 6.35. The third kappa shape index (κ3) is 3.73. The number of thioether (sulfide) groups is 1. The molecule has 154 valence electrons. The van der Waals surface area contributed by atoms with Crippen molar-refractivity contribution in [3.8, 4) is 5.69 Å². The average Bonchev–Trinajstić information content (AvgIpc) is 3.04. The predicted molar refractivity (Wildman–Crippen MR) is 121 cm³/mol. The van der Waals surface area contributed by atoms with E-state index in [1.165, 1.54) is 11.8 Å². The van der Waals surface area contributed by atoms with Gasteiger partial charge in [0.25, 0.3) is 0 Å². The first-order valence-electron chi connectivity index (χ1n) is 9.81. The molecule has 6 nitrogen and oxygen atoms in total. The van der Waals surface area contributed by atoms with Crippen molar-refractivity contribution < 1.29 is 9.59 Å². The van der Waals surface area contributed by atoms with E-state index in [-0.39, 0.29) is 24.1 Å². The smallest absolute Gasteiger partial charge is 0.244 e. The number of anilines is 2. The zero-order valence-electron chi connectivity index (χ0n) is 17.5. The molecule has 1 aliphatic rings. The summed E-state index contributed by atoms with van der Waals surface area (Å²) >= 11 is 1.46. The largest absolute Gasteiger partial charge is 0.324 e. The molecule has 0 fully saturated rings. The zero-order valence-corrected chi connectivity index (χ0v) is 18.3. The van der Waals surface area contributed by atoms with Crippen molar-refractivity contribution in [3.63, 3.8) is 0 Å². The Labute approximate surface area is 180 Å². The van der Waals surface area contributed by atoms with Crippen molar-refractivity contribution in [3.05, 3.63) is 64.8 Å². The molecule has 0 aliphatic carbocycles. The molecule has 30 heavy (non-hydrogen) atoms. The van der Waals surface area contributed by atoms with Crippen LogP contribution in [0.4, 0.5) is 11.4 Å². The van der Waals surface area contributed by atoms with E-state index in [1.54, 1.807) is 4.90 Å². The van der Waals surface area contributed by atoms with Crippen molar-refractivity contribution >= 4 is 35.0 Å². The molecule has 1 aromatic heterocycles. The van der Waals surface area contributed by atoms with Gasteiger partial charge in [-0.05, 0) is 51.0 Å². The molecule has 3 aromatic rings. The lowest BCUT2D eigenvalue weighted by molar-refractivity contribution is -0.120. The number of benzene rings is 2.